The Morgan fingerprint density at radius 2 is 2.05 bits per heavy atom. The fourth-order valence-corrected chi connectivity index (χ4v) is 2.62. The Kier molecular flexibility index (Phi) is 4.20. The predicted octanol–water partition coefficient (Wildman–Crippen LogP) is 2.36. The summed E-state index contributed by atoms with van der Waals surface area (Å²) in [4.78, 5) is 23.5. The number of hydrogen-bond acceptors (Lipinski definition) is 3. The Labute approximate surface area is 119 Å². The zero-order valence-electron chi connectivity index (χ0n) is 11.2. The maximum absolute atomic E-state index is 13.2. The summed E-state index contributed by atoms with van der Waals surface area (Å²) in [6, 6.07) is 2.59. The molecule has 1 amide bonds. The molecule has 1 aromatic rings. The molecule has 1 saturated heterocycles. The van der Waals surface area contributed by atoms with Crippen LogP contribution >= 0.6 is 0 Å². The molecular weight excluding hydrogens is 285 g/mol. The maximum Gasteiger partial charge on any atom is 0.418 e. The Morgan fingerprint density at radius 3 is 2.62 bits per heavy atom. The van der Waals surface area contributed by atoms with E-state index in [0.29, 0.717) is 25.7 Å². The first-order chi connectivity index (χ1) is 9.84. The first kappa shape index (κ1) is 15.3. The molecule has 0 radical (unpaired) electrons. The summed E-state index contributed by atoms with van der Waals surface area (Å²) in [6.07, 6.45) is -2.37. The van der Waals surface area contributed by atoms with Gasteiger partial charge in [0, 0.05) is 17.8 Å². The molecular formula is C14H15F3N2O2. The number of rotatable bonds is 3. The van der Waals surface area contributed by atoms with Crippen LogP contribution < -0.4 is 10.6 Å². The largest absolute Gasteiger partial charge is 0.418 e. The molecule has 0 spiro atoms. The van der Waals surface area contributed by atoms with Gasteiger partial charge in [-0.25, -0.2) is 0 Å². The van der Waals surface area contributed by atoms with Gasteiger partial charge in [0.05, 0.1) is 5.56 Å². The van der Waals surface area contributed by atoms with Crippen LogP contribution in [-0.4, -0.2) is 24.8 Å². The third-order valence-electron chi connectivity index (χ3n) is 3.60. The zero-order valence-corrected chi connectivity index (χ0v) is 11.2. The molecule has 7 heteroatoms. The van der Waals surface area contributed by atoms with Crippen molar-refractivity contribution in [3.05, 3.63) is 29.3 Å². The Hall–Kier alpha value is -2.05. The van der Waals surface area contributed by atoms with Crippen LogP contribution in [0.2, 0.25) is 0 Å². The molecule has 1 aliphatic heterocycles. The number of nitrogens with zero attached hydrogens (tertiary/aromatic N) is 1. The molecule has 1 atom stereocenters. The minimum Gasteiger partial charge on any atom is -0.368 e. The second kappa shape index (κ2) is 5.75. The first-order valence-corrected chi connectivity index (χ1v) is 6.57. The molecule has 1 aromatic carbocycles. The highest BCUT2D eigenvalue weighted by Crippen LogP contribution is 2.39. The highest BCUT2D eigenvalue weighted by Gasteiger charge is 2.38. The Balaban J connectivity index is 2.51. The van der Waals surface area contributed by atoms with Crippen molar-refractivity contribution in [2.75, 3.05) is 11.4 Å². The molecule has 1 fully saturated rings. The fourth-order valence-electron chi connectivity index (χ4n) is 2.62. The number of nitrogens with two attached hydrogens (primary N) is 1. The normalized spacial score (nSPS) is 19.4. The van der Waals surface area contributed by atoms with Gasteiger partial charge >= 0.3 is 6.18 Å². The van der Waals surface area contributed by atoms with Gasteiger partial charge in [0.1, 0.15) is 12.3 Å². The van der Waals surface area contributed by atoms with Gasteiger partial charge in [-0.1, -0.05) is 0 Å². The van der Waals surface area contributed by atoms with E-state index in [1.807, 2.05) is 0 Å². The van der Waals surface area contributed by atoms with Gasteiger partial charge in [-0.3, -0.25) is 9.59 Å². The average Bonchev–Trinajstić information content (AvgIpc) is 2.45. The summed E-state index contributed by atoms with van der Waals surface area (Å²) in [6.45, 7) is 0.330. The van der Waals surface area contributed by atoms with Crippen LogP contribution in [0.3, 0.4) is 0 Å². The molecule has 0 aromatic heterocycles. The lowest BCUT2D eigenvalue weighted by Gasteiger charge is -2.37. The van der Waals surface area contributed by atoms with E-state index in [-0.39, 0.29) is 11.3 Å². The lowest BCUT2D eigenvalue weighted by atomic mass is 9.98. The van der Waals surface area contributed by atoms with Crippen molar-refractivity contribution in [1.29, 1.82) is 0 Å². The number of benzene rings is 1. The molecule has 1 heterocycles. The SMILES string of the molecule is NC(=O)C1CCCCN1c1ccc(C=O)cc1C(F)(F)F. The molecule has 0 bridgehead atoms. The third kappa shape index (κ3) is 3.17. The molecule has 1 aliphatic rings. The lowest BCUT2D eigenvalue weighted by Crippen LogP contribution is -2.48. The van der Waals surface area contributed by atoms with Crippen LogP contribution in [0.5, 0.6) is 0 Å². The predicted molar refractivity (Wildman–Crippen MR) is 71.0 cm³/mol. The first-order valence-electron chi connectivity index (χ1n) is 6.57. The monoisotopic (exact) mass is 300 g/mol. The summed E-state index contributed by atoms with van der Waals surface area (Å²) in [5, 5.41) is 0. The fraction of sp³-hybridized carbons (Fsp3) is 0.429. The number of primary amides is 1. The number of halogens is 3. The van der Waals surface area contributed by atoms with Gasteiger partial charge in [0.15, 0.2) is 0 Å². The minimum atomic E-state index is -4.60. The van der Waals surface area contributed by atoms with Crippen molar-refractivity contribution < 1.29 is 22.8 Å². The quantitative estimate of drug-likeness (QED) is 0.872. The van der Waals surface area contributed by atoms with Crippen molar-refractivity contribution in [2.45, 2.75) is 31.5 Å². The van der Waals surface area contributed by atoms with E-state index in [1.165, 1.54) is 17.0 Å². The van der Waals surface area contributed by atoms with Gasteiger partial charge < -0.3 is 10.6 Å². The number of hydrogen-bond donors (Lipinski definition) is 1. The second-order valence-electron chi connectivity index (χ2n) is 5.00. The number of carbonyl (C=O) groups excluding carboxylic acids is 2. The third-order valence-corrected chi connectivity index (χ3v) is 3.60. The van der Waals surface area contributed by atoms with Crippen LogP contribution in [0.25, 0.3) is 0 Å². The van der Waals surface area contributed by atoms with Crippen molar-refractivity contribution in [3.63, 3.8) is 0 Å². The maximum atomic E-state index is 13.2. The molecule has 1 unspecified atom stereocenters. The van der Waals surface area contributed by atoms with Crippen LogP contribution in [-0.2, 0) is 11.0 Å². The van der Waals surface area contributed by atoms with Crippen LogP contribution in [0, 0.1) is 0 Å². The van der Waals surface area contributed by atoms with Crippen LogP contribution in [0.15, 0.2) is 18.2 Å². The molecule has 0 saturated carbocycles. The van der Waals surface area contributed by atoms with Gasteiger partial charge in [-0.15, -0.1) is 0 Å². The number of alkyl halides is 3. The molecule has 21 heavy (non-hydrogen) atoms. The molecule has 114 valence electrons. The highest BCUT2D eigenvalue weighted by molar-refractivity contribution is 5.85. The number of amides is 1. The van der Waals surface area contributed by atoms with Crippen molar-refractivity contribution >= 4 is 17.9 Å². The number of anilines is 1. The molecule has 0 aliphatic carbocycles. The second-order valence-corrected chi connectivity index (χ2v) is 5.00. The van der Waals surface area contributed by atoms with E-state index >= 15 is 0 Å². The summed E-state index contributed by atoms with van der Waals surface area (Å²) < 4.78 is 39.6. The van der Waals surface area contributed by atoms with Crippen LogP contribution in [0.4, 0.5) is 18.9 Å². The van der Waals surface area contributed by atoms with Gasteiger partial charge in [-0.05, 0) is 37.5 Å². The van der Waals surface area contributed by atoms with Crippen molar-refractivity contribution in [2.24, 2.45) is 5.73 Å². The molecule has 2 N–H and O–H groups in total. The summed E-state index contributed by atoms with van der Waals surface area (Å²) in [5.74, 6) is -0.637. The minimum absolute atomic E-state index is 0.0568. The summed E-state index contributed by atoms with van der Waals surface area (Å²) >= 11 is 0. The number of aldehydes is 1. The Morgan fingerprint density at radius 1 is 1.33 bits per heavy atom. The summed E-state index contributed by atoms with van der Waals surface area (Å²) in [5.41, 5.74) is 4.22. The van der Waals surface area contributed by atoms with E-state index in [4.69, 9.17) is 5.73 Å². The van der Waals surface area contributed by atoms with Gasteiger partial charge in [-0.2, -0.15) is 13.2 Å². The van der Waals surface area contributed by atoms with Crippen molar-refractivity contribution in [3.8, 4) is 0 Å². The number of piperidine rings is 1. The number of carbonyl (C=O) groups is 2. The van der Waals surface area contributed by atoms with E-state index in [9.17, 15) is 22.8 Å². The van der Waals surface area contributed by atoms with E-state index in [0.717, 1.165) is 12.5 Å². The zero-order chi connectivity index (χ0) is 15.6. The Bertz CT molecular complexity index is 558. The van der Waals surface area contributed by atoms with Gasteiger partial charge in [0.25, 0.3) is 0 Å². The van der Waals surface area contributed by atoms with E-state index in [1.54, 1.807) is 0 Å². The highest BCUT2D eigenvalue weighted by atomic mass is 19.4. The van der Waals surface area contributed by atoms with Gasteiger partial charge in [0.2, 0.25) is 5.91 Å². The average molecular weight is 300 g/mol. The molecule has 2 rings (SSSR count). The van der Waals surface area contributed by atoms with Crippen LogP contribution in [0.1, 0.15) is 35.2 Å². The topological polar surface area (TPSA) is 63.4 Å². The molecule has 4 nitrogen and oxygen atoms in total. The van der Waals surface area contributed by atoms with E-state index in [2.05, 4.69) is 0 Å². The lowest BCUT2D eigenvalue weighted by molar-refractivity contribution is -0.137. The standard InChI is InChI=1S/C14H15F3N2O2/c15-14(16,17)10-7-9(8-20)4-5-11(10)19-6-2-1-3-12(19)13(18)21/h4-5,7-8,12H,1-3,6H2,(H2,18,21). The smallest absolute Gasteiger partial charge is 0.368 e. The van der Waals surface area contributed by atoms with Crippen molar-refractivity contribution in [1.82, 2.24) is 0 Å². The van der Waals surface area contributed by atoms with E-state index < -0.39 is 23.7 Å². The summed E-state index contributed by atoms with van der Waals surface area (Å²) in [7, 11) is 0.